The van der Waals surface area contributed by atoms with Gasteiger partial charge in [-0.05, 0) is 38.9 Å². The molecule has 0 aromatic carbocycles. The van der Waals surface area contributed by atoms with Gasteiger partial charge in [-0.3, -0.25) is 0 Å². The van der Waals surface area contributed by atoms with Crippen molar-refractivity contribution in [3.05, 3.63) is 0 Å². The van der Waals surface area contributed by atoms with Crippen molar-refractivity contribution < 1.29 is 9.53 Å². The largest absolute Gasteiger partial charge is 0.453 e. The lowest BCUT2D eigenvalue weighted by molar-refractivity contribution is 0.117. The molecule has 1 heterocycles. The molecule has 0 N–H and O–H groups in total. The van der Waals surface area contributed by atoms with Crippen LogP contribution >= 0.6 is 0 Å². The van der Waals surface area contributed by atoms with Crippen LogP contribution in [-0.2, 0) is 4.74 Å². The Morgan fingerprint density at radius 3 is 2.57 bits per heavy atom. The molecule has 0 aromatic rings. The highest BCUT2D eigenvalue weighted by Crippen LogP contribution is 2.16. The molecule has 0 spiro atoms. The molecule has 4 heteroatoms. The standard InChI is InChI=1S/C10H20N2O2/c1-11-6-4-9(5-7-11)8-12(2)10(13)14-3/h9H,4-8H2,1-3H3. The van der Waals surface area contributed by atoms with Gasteiger partial charge in [0.05, 0.1) is 7.11 Å². The fraction of sp³-hybridized carbons (Fsp3) is 0.900. The van der Waals surface area contributed by atoms with Crippen LogP contribution in [0.1, 0.15) is 12.8 Å². The second-order valence-corrected chi connectivity index (χ2v) is 4.10. The number of hydrogen-bond acceptors (Lipinski definition) is 3. The minimum Gasteiger partial charge on any atom is -0.453 e. The zero-order valence-corrected chi connectivity index (χ0v) is 9.32. The molecule has 0 bridgehead atoms. The average Bonchev–Trinajstić information content (AvgIpc) is 2.20. The third-order valence-electron chi connectivity index (χ3n) is 2.86. The van der Waals surface area contributed by atoms with Gasteiger partial charge in [-0.25, -0.2) is 4.79 Å². The van der Waals surface area contributed by atoms with E-state index in [1.807, 2.05) is 0 Å². The fourth-order valence-corrected chi connectivity index (χ4v) is 1.86. The quantitative estimate of drug-likeness (QED) is 0.667. The molecule has 1 aliphatic rings. The smallest absolute Gasteiger partial charge is 0.409 e. The van der Waals surface area contributed by atoms with Crippen molar-refractivity contribution in [3.63, 3.8) is 0 Å². The lowest BCUT2D eigenvalue weighted by Crippen LogP contribution is -2.37. The van der Waals surface area contributed by atoms with E-state index in [1.165, 1.54) is 20.0 Å². The number of hydrogen-bond donors (Lipinski definition) is 0. The minimum atomic E-state index is -0.232. The van der Waals surface area contributed by atoms with Crippen molar-refractivity contribution in [1.82, 2.24) is 9.80 Å². The van der Waals surface area contributed by atoms with Gasteiger partial charge in [-0.15, -0.1) is 0 Å². The Morgan fingerprint density at radius 2 is 2.07 bits per heavy atom. The monoisotopic (exact) mass is 200 g/mol. The summed E-state index contributed by atoms with van der Waals surface area (Å²) in [5.74, 6) is 0.635. The first-order valence-electron chi connectivity index (χ1n) is 5.11. The number of rotatable bonds is 2. The van der Waals surface area contributed by atoms with Crippen molar-refractivity contribution in [2.45, 2.75) is 12.8 Å². The number of ether oxygens (including phenoxy) is 1. The van der Waals surface area contributed by atoms with Gasteiger partial charge in [0.15, 0.2) is 0 Å². The molecule has 1 rings (SSSR count). The van der Waals surface area contributed by atoms with Crippen LogP contribution in [0.5, 0.6) is 0 Å². The van der Waals surface area contributed by atoms with Gasteiger partial charge in [0.1, 0.15) is 0 Å². The fourth-order valence-electron chi connectivity index (χ4n) is 1.86. The Morgan fingerprint density at radius 1 is 1.50 bits per heavy atom. The summed E-state index contributed by atoms with van der Waals surface area (Å²) in [6.45, 7) is 3.10. The van der Waals surface area contributed by atoms with Crippen LogP contribution in [0.15, 0.2) is 0 Å². The Labute approximate surface area is 85.8 Å². The highest BCUT2D eigenvalue weighted by molar-refractivity contribution is 5.66. The summed E-state index contributed by atoms with van der Waals surface area (Å²) in [6.07, 6.45) is 2.12. The van der Waals surface area contributed by atoms with Gasteiger partial charge in [-0.1, -0.05) is 0 Å². The Hall–Kier alpha value is -0.770. The van der Waals surface area contributed by atoms with Crippen molar-refractivity contribution >= 4 is 6.09 Å². The first-order chi connectivity index (χ1) is 6.63. The molecule has 0 aromatic heterocycles. The molecule has 14 heavy (non-hydrogen) atoms. The molecule has 1 saturated heterocycles. The predicted molar refractivity (Wildman–Crippen MR) is 55.3 cm³/mol. The first kappa shape index (κ1) is 11.3. The molecule has 1 amide bonds. The van der Waals surface area contributed by atoms with Crippen LogP contribution < -0.4 is 0 Å². The molecule has 4 nitrogen and oxygen atoms in total. The number of piperidine rings is 1. The zero-order valence-electron chi connectivity index (χ0n) is 9.32. The van der Waals surface area contributed by atoms with Crippen LogP contribution in [-0.4, -0.2) is 56.7 Å². The van der Waals surface area contributed by atoms with Crippen LogP contribution in [0.2, 0.25) is 0 Å². The number of carbonyl (C=O) groups is 1. The number of nitrogens with zero attached hydrogens (tertiary/aromatic N) is 2. The number of likely N-dealkylation sites (tertiary alicyclic amines) is 1. The lowest BCUT2D eigenvalue weighted by Gasteiger charge is -2.31. The normalized spacial score (nSPS) is 19.4. The molecule has 1 aliphatic heterocycles. The van der Waals surface area contributed by atoms with Gasteiger partial charge in [0.2, 0.25) is 0 Å². The molecule has 1 fully saturated rings. The summed E-state index contributed by atoms with van der Waals surface area (Å²) < 4.78 is 4.65. The Balaban J connectivity index is 2.27. The third-order valence-corrected chi connectivity index (χ3v) is 2.86. The lowest BCUT2D eigenvalue weighted by atomic mass is 9.97. The average molecular weight is 200 g/mol. The van der Waals surface area contributed by atoms with Crippen molar-refractivity contribution in [2.75, 3.05) is 40.8 Å². The van der Waals surface area contributed by atoms with Crippen LogP contribution in [0.25, 0.3) is 0 Å². The van der Waals surface area contributed by atoms with Gasteiger partial charge >= 0.3 is 6.09 Å². The maximum absolute atomic E-state index is 11.1. The topological polar surface area (TPSA) is 32.8 Å². The summed E-state index contributed by atoms with van der Waals surface area (Å²) >= 11 is 0. The van der Waals surface area contributed by atoms with Crippen molar-refractivity contribution in [3.8, 4) is 0 Å². The summed E-state index contributed by atoms with van der Waals surface area (Å²) in [5, 5.41) is 0. The summed E-state index contributed by atoms with van der Waals surface area (Å²) in [5.41, 5.74) is 0. The minimum absolute atomic E-state index is 0.232. The van der Waals surface area contributed by atoms with Gasteiger partial charge in [0, 0.05) is 13.6 Å². The molecule has 0 atom stereocenters. The Kier molecular flexibility index (Phi) is 4.20. The number of carbonyl (C=O) groups excluding carboxylic acids is 1. The maximum Gasteiger partial charge on any atom is 0.409 e. The second-order valence-electron chi connectivity index (χ2n) is 4.10. The van der Waals surface area contributed by atoms with Crippen LogP contribution in [0.4, 0.5) is 4.79 Å². The van der Waals surface area contributed by atoms with E-state index in [2.05, 4.69) is 16.7 Å². The van der Waals surface area contributed by atoms with E-state index < -0.39 is 0 Å². The number of amides is 1. The predicted octanol–water partition coefficient (Wildman–Crippen LogP) is 1.03. The second kappa shape index (κ2) is 5.20. The number of methoxy groups -OCH3 is 1. The van der Waals surface area contributed by atoms with Crippen molar-refractivity contribution in [1.29, 1.82) is 0 Å². The summed E-state index contributed by atoms with van der Waals surface area (Å²) in [6, 6.07) is 0. The first-order valence-corrected chi connectivity index (χ1v) is 5.11. The van der Waals surface area contributed by atoms with E-state index in [0.717, 1.165) is 19.6 Å². The van der Waals surface area contributed by atoms with Crippen LogP contribution in [0.3, 0.4) is 0 Å². The summed E-state index contributed by atoms with van der Waals surface area (Å²) in [7, 11) is 5.36. The zero-order chi connectivity index (χ0) is 10.6. The molecule has 0 aliphatic carbocycles. The SMILES string of the molecule is COC(=O)N(C)CC1CCN(C)CC1. The molecule has 82 valence electrons. The van der Waals surface area contributed by atoms with E-state index in [9.17, 15) is 4.79 Å². The van der Waals surface area contributed by atoms with E-state index in [4.69, 9.17) is 0 Å². The Bertz CT molecular complexity index is 189. The third kappa shape index (κ3) is 3.18. The highest BCUT2D eigenvalue weighted by atomic mass is 16.5. The van der Waals surface area contributed by atoms with Crippen LogP contribution in [0, 0.1) is 5.92 Å². The van der Waals surface area contributed by atoms with E-state index in [1.54, 1.807) is 11.9 Å². The summed E-state index contributed by atoms with van der Waals surface area (Å²) in [4.78, 5) is 15.1. The molecular formula is C10H20N2O2. The van der Waals surface area contributed by atoms with Gasteiger partial charge in [-0.2, -0.15) is 0 Å². The highest BCUT2D eigenvalue weighted by Gasteiger charge is 2.20. The van der Waals surface area contributed by atoms with E-state index >= 15 is 0 Å². The van der Waals surface area contributed by atoms with Gasteiger partial charge in [0.25, 0.3) is 0 Å². The molecule has 0 saturated carbocycles. The molecule has 0 radical (unpaired) electrons. The molecular weight excluding hydrogens is 180 g/mol. The van der Waals surface area contributed by atoms with Crippen molar-refractivity contribution in [2.24, 2.45) is 5.92 Å². The van der Waals surface area contributed by atoms with Gasteiger partial charge < -0.3 is 14.5 Å². The maximum atomic E-state index is 11.1. The van der Waals surface area contributed by atoms with E-state index in [-0.39, 0.29) is 6.09 Å². The van der Waals surface area contributed by atoms with E-state index in [0.29, 0.717) is 5.92 Å². The molecule has 0 unspecified atom stereocenters.